The molecule has 1 aromatic rings. The Morgan fingerprint density at radius 1 is 1.09 bits per heavy atom. The molecule has 7 heteroatoms. The van der Waals surface area contributed by atoms with Crippen LogP contribution in [0.4, 0.5) is 5.69 Å². The molecule has 3 atom stereocenters. The van der Waals surface area contributed by atoms with Crippen LogP contribution in [0.25, 0.3) is 0 Å². The van der Waals surface area contributed by atoms with Crippen LogP contribution in [0.15, 0.2) is 35.4 Å². The number of ketones is 1. The van der Waals surface area contributed by atoms with Crippen LogP contribution in [0.3, 0.4) is 0 Å². The van der Waals surface area contributed by atoms with E-state index in [0.717, 1.165) is 49.7 Å². The number of thioether (sulfide) groups is 1. The molecule has 0 aromatic heterocycles. The maximum Gasteiger partial charge on any atom is 0.160 e. The van der Waals surface area contributed by atoms with E-state index in [4.69, 9.17) is 4.74 Å². The van der Waals surface area contributed by atoms with E-state index in [0.29, 0.717) is 19.8 Å². The zero-order valence-corrected chi connectivity index (χ0v) is 19.8. The Bertz CT molecular complexity index is 839. The zero-order chi connectivity index (χ0) is 22.1. The first-order valence-electron chi connectivity index (χ1n) is 12.0. The number of benzene rings is 1. The van der Waals surface area contributed by atoms with Gasteiger partial charge in [-0.3, -0.25) is 4.79 Å². The molecule has 0 spiro atoms. The van der Waals surface area contributed by atoms with Crippen LogP contribution in [0.5, 0.6) is 0 Å². The topological polar surface area (TPSA) is 56.3 Å². The van der Waals surface area contributed by atoms with Gasteiger partial charge in [-0.15, -0.1) is 11.8 Å². The van der Waals surface area contributed by atoms with E-state index < -0.39 is 6.23 Å². The molecular weight excluding hydrogens is 422 g/mol. The number of aliphatic hydroxyl groups is 1. The second kappa shape index (κ2) is 9.75. The van der Waals surface area contributed by atoms with Crippen LogP contribution < -0.4 is 4.90 Å². The summed E-state index contributed by atoms with van der Waals surface area (Å²) in [5.74, 6) is 1.51. The van der Waals surface area contributed by atoms with Crippen molar-refractivity contribution in [3.63, 3.8) is 0 Å². The summed E-state index contributed by atoms with van der Waals surface area (Å²) in [6.45, 7) is 6.13. The first-order valence-corrected chi connectivity index (χ1v) is 13.0. The third-order valence-electron chi connectivity index (χ3n) is 7.55. The first-order chi connectivity index (χ1) is 15.6. The molecule has 5 rings (SSSR count). The molecule has 0 bridgehead atoms. The third-order valence-corrected chi connectivity index (χ3v) is 8.77. The van der Waals surface area contributed by atoms with Gasteiger partial charge in [0.25, 0.3) is 0 Å². The SMILES string of the molecule is CN1CCCN(c2ccc(C3CSC4=CN(C(O)C5CCOCC5)CC(=O)C43)cc2)CC1. The van der Waals surface area contributed by atoms with Gasteiger partial charge in [0.1, 0.15) is 6.23 Å². The third kappa shape index (κ3) is 4.58. The summed E-state index contributed by atoms with van der Waals surface area (Å²) in [4.78, 5) is 21.1. The molecule has 3 saturated heterocycles. The number of carbonyl (C=O) groups excluding carboxylic acids is 1. The molecular formula is C25H35N3O3S. The number of hydrogen-bond donors (Lipinski definition) is 1. The van der Waals surface area contributed by atoms with Crippen LogP contribution >= 0.6 is 11.8 Å². The monoisotopic (exact) mass is 457 g/mol. The lowest BCUT2D eigenvalue weighted by Crippen LogP contribution is -2.46. The quantitative estimate of drug-likeness (QED) is 0.746. The number of allylic oxidation sites excluding steroid dienone is 1. The maximum atomic E-state index is 13.2. The van der Waals surface area contributed by atoms with Crippen LogP contribution in [-0.2, 0) is 9.53 Å². The van der Waals surface area contributed by atoms with Gasteiger partial charge in [-0.05, 0) is 50.6 Å². The Hall–Kier alpha value is -1.54. The summed E-state index contributed by atoms with van der Waals surface area (Å²) in [7, 11) is 2.19. The van der Waals surface area contributed by atoms with E-state index in [9.17, 15) is 9.90 Å². The summed E-state index contributed by atoms with van der Waals surface area (Å²) >= 11 is 1.78. The van der Waals surface area contributed by atoms with Gasteiger partial charge in [-0.1, -0.05) is 12.1 Å². The lowest BCUT2D eigenvalue weighted by Gasteiger charge is -2.38. The van der Waals surface area contributed by atoms with E-state index in [-0.39, 0.29) is 23.5 Å². The molecule has 1 aromatic carbocycles. The molecule has 174 valence electrons. The van der Waals surface area contributed by atoms with Crippen molar-refractivity contribution in [2.45, 2.75) is 31.4 Å². The molecule has 0 saturated carbocycles. The highest BCUT2D eigenvalue weighted by Crippen LogP contribution is 2.48. The predicted octanol–water partition coefficient (Wildman–Crippen LogP) is 2.75. The highest BCUT2D eigenvalue weighted by molar-refractivity contribution is 8.03. The number of likely N-dealkylation sites (N-methyl/N-ethyl adjacent to an activating group) is 1. The van der Waals surface area contributed by atoms with Crippen LogP contribution in [0.1, 0.15) is 30.7 Å². The highest BCUT2D eigenvalue weighted by Gasteiger charge is 2.43. The number of fused-ring (bicyclic) bond motifs is 1. The zero-order valence-electron chi connectivity index (χ0n) is 19.0. The standard InChI is InChI=1S/C25H35N3O3S/c1-26-9-2-10-27(12-11-26)20-5-3-18(4-6-20)21-17-32-23-16-28(15-22(29)24(21)23)25(30)19-7-13-31-14-8-19/h3-6,16,19,21,24-25,30H,2,7-15,17H2,1H3. The van der Waals surface area contributed by atoms with E-state index in [1.165, 1.54) is 17.7 Å². The van der Waals surface area contributed by atoms with Gasteiger partial charge in [0.15, 0.2) is 5.78 Å². The van der Waals surface area contributed by atoms with Crippen LogP contribution in [-0.4, -0.2) is 85.7 Å². The van der Waals surface area contributed by atoms with Gasteiger partial charge in [0.2, 0.25) is 0 Å². The van der Waals surface area contributed by atoms with E-state index >= 15 is 0 Å². The second-order valence-electron chi connectivity index (χ2n) is 9.66. The molecule has 32 heavy (non-hydrogen) atoms. The fraction of sp³-hybridized carbons (Fsp3) is 0.640. The van der Waals surface area contributed by atoms with Crippen molar-refractivity contribution in [3.05, 3.63) is 40.9 Å². The molecule has 4 aliphatic rings. The van der Waals surface area contributed by atoms with Crippen LogP contribution in [0.2, 0.25) is 0 Å². The number of Topliss-reactive ketones (excluding diaryl/α,β-unsaturated/α-hetero) is 1. The Morgan fingerprint density at radius 3 is 2.66 bits per heavy atom. The first kappa shape index (κ1) is 22.3. The van der Waals surface area contributed by atoms with Gasteiger partial charge in [-0.2, -0.15) is 0 Å². The highest BCUT2D eigenvalue weighted by atomic mass is 32.2. The fourth-order valence-electron chi connectivity index (χ4n) is 5.54. The Balaban J connectivity index is 1.28. The largest absolute Gasteiger partial charge is 0.381 e. The molecule has 1 N–H and O–H groups in total. The van der Waals surface area contributed by atoms with Gasteiger partial charge >= 0.3 is 0 Å². The minimum absolute atomic E-state index is 0.0594. The van der Waals surface area contributed by atoms with E-state index in [2.05, 4.69) is 47.3 Å². The fourth-order valence-corrected chi connectivity index (χ4v) is 6.98. The smallest absolute Gasteiger partial charge is 0.160 e. The van der Waals surface area contributed by atoms with E-state index in [1.54, 1.807) is 11.8 Å². The average molecular weight is 458 g/mol. The minimum Gasteiger partial charge on any atom is -0.381 e. The van der Waals surface area contributed by atoms with Gasteiger partial charge in [0.05, 0.1) is 12.5 Å². The molecule has 6 nitrogen and oxygen atoms in total. The number of rotatable bonds is 4. The lowest BCUT2D eigenvalue weighted by molar-refractivity contribution is -0.128. The van der Waals surface area contributed by atoms with Crippen LogP contribution in [0, 0.1) is 11.8 Å². The molecule has 3 unspecified atom stereocenters. The van der Waals surface area contributed by atoms with Crippen molar-refractivity contribution in [1.82, 2.24) is 9.80 Å². The maximum absolute atomic E-state index is 13.2. The van der Waals surface area contributed by atoms with Gasteiger partial charge in [-0.25, -0.2) is 0 Å². The number of nitrogens with zero attached hydrogens (tertiary/aromatic N) is 3. The Morgan fingerprint density at radius 2 is 1.88 bits per heavy atom. The molecule has 0 radical (unpaired) electrons. The molecule has 0 aliphatic carbocycles. The number of carbonyl (C=O) groups is 1. The molecule has 4 aliphatic heterocycles. The number of ether oxygens (including phenoxy) is 1. The molecule has 0 amide bonds. The van der Waals surface area contributed by atoms with Crippen molar-refractivity contribution in [3.8, 4) is 0 Å². The lowest BCUT2D eigenvalue weighted by atomic mass is 9.83. The summed E-state index contributed by atoms with van der Waals surface area (Å²) in [5.41, 5.74) is 2.54. The van der Waals surface area contributed by atoms with Crippen molar-refractivity contribution in [1.29, 1.82) is 0 Å². The van der Waals surface area contributed by atoms with Gasteiger partial charge in [0, 0.05) is 67.2 Å². The van der Waals surface area contributed by atoms with Crippen molar-refractivity contribution >= 4 is 23.2 Å². The Labute approximate surface area is 195 Å². The summed E-state index contributed by atoms with van der Waals surface area (Å²) in [6, 6.07) is 8.94. The molecule has 3 fully saturated rings. The Kier molecular flexibility index (Phi) is 6.79. The van der Waals surface area contributed by atoms with Crippen molar-refractivity contribution in [2.75, 3.05) is 63.6 Å². The normalized spacial score (nSPS) is 28.9. The van der Waals surface area contributed by atoms with Crippen molar-refractivity contribution in [2.24, 2.45) is 11.8 Å². The average Bonchev–Trinajstić information content (AvgIpc) is 3.14. The summed E-state index contributed by atoms with van der Waals surface area (Å²) in [5, 5.41) is 10.9. The minimum atomic E-state index is -0.595. The van der Waals surface area contributed by atoms with Gasteiger partial charge < -0.3 is 24.5 Å². The van der Waals surface area contributed by atoms with E-state index in [1.807, 2.05) is 4.90 Å². The number of anilines is 1. The number of aliphatic hydroxyl groups excluding tert-OH is 1. The molecule has 4 heterocycles. The predicted molar refractivity (Wildman–Crippen MR) is 129 cm³/mol. The summed E-state index contributed by atoms with van der Waals surface area (Å²) < 4.78 is 5.43. The summed E-state index contributed by atoms with van der Waals surface area (Å²) in [6.07, 6.45) is 4.38. The number of hydrogen-bond acceptors (Lipinski definition) is 7. The van der Waals surface area contributed by atoms with Crippen molar-refractivity contribution < 1.29 is 14.6 Å². The second-order valence-corrected chi connectivity index (χ2v) is 10.8.